The Morgan fingerprint density at radius 1 is 0.868 bits per heavy atom. The number of nitrogens with zero attached hydrogens (tertiary/aromatic N) is 2. The second kappa shape index (κ2) is 9.45. The Balaban J connectivity index is 2.12. The molecule has 2 aromatic rings. The summed E-state index contributed by atoms with van der Waals surface area (Å²) in [5.74, 6) is -0.911. The van der Waals surface area contributed by atoms with Gasteiger partial charge in [0.1, 0.15) is 23.4 Å². The third-order valence-electron chi connectivity index (χ3n) is 5.69. The van der Waals surface area contributed by atoms with Crippen molar-refractivity contribution in [2.24, 2.45) is 4.99 Å². The Hall–Kier alpha value is -3.33. The molecule has 1 unspecified atom stereocenters. The maximum Gasteiger partial charge on any atom is 0.433 e. The monoisotopic (exact) mass is 566 g/mol. The number of halogens is 12. The Labute approximate surface area is 205 Å². The molecule has 0 amide bonds. The number of rotatable bonds is 4. The molecular formula is C22H14F12N2O2. The molecule has 3 rings (SSSR count). The standard InChI is InChI=1S/C22H14F12N2O2/c1-10(37)38-8-12-3-2-11(4-14(12)19(23,24)25)15-7-18(9-35-15,22(32,33)34)13-5-16(20(26,27)28)36-17(6-13)21(29,30)31/h2-6H,7-9H2,1H3. The molecule has 0 saturated heterocycles. The number of hydrogen-bond acceptors (Lipinski definition) is 4. The Kier molecular flexibility index (Phi) is 7.27. The van der Waals surface area contributed by atoms with Crippen LogP contribution < -0.4 is 0 Å². The predicted octanol–water partition coefficient (Wildman–Crippen LogP) is 6.89. The fourth-order valence-corrected chi connectivity index (χ4v) is 3.79. The molecule has 38 heavy (non-hydrogen) atoms. The van der Waals surface area contributed by atoms with Gasteiger partial charge < -0.3 is 4.74 Å². The normalized spacial score (nSPS) is 18.9. The minimum Gasteiger partial charge on any atom is -0.461 e. The fourth-order valence-electron chi connectivity index (χ4n) is 3.79. The van der Waals surface area contributed by atoms with Crippen LogP contribution in [0.3, 0.4) is 0 Å². The fraction of sp³-hybridized carbons (Fsp3) is 0.409. The lowest BCUT2D eigenvalue weighted by molar-refractivity contribution is -0.185. The van der Waals surface area contributed by atoms with Crippen LogP contribution in [0.5, 0.6) is 0 Å². The van der Waals surface area contributed by atoms with Crippen molar-refractivity contribution >= 4 is 11.7 Å². The number of esters is 1. The summed E-state index contributed by atoms with van der Waals surface area (Å²) in [5, 5.41) is 0. The SMILES string of the molecule is CC(=O)OCc1ccc(C2=NCC(c3cc(C(F)(F)F)nc(C(F)(F)F)c3)(C(F)(F)F)C2)cc1C(F)(F)F. The second-order valence-electron chi connectivity index (χ2n) is 8.29. The summed E-state index contributed by atoms with van der Waals surface area (Å²) in [6.07, 6.45) is -22.9. The minimum absolute atomic E-state index is 0.176. The quantitative estimate of drug-likeness (QED) is 0.299. The summed E-state index contributed by atoms with van der Waals surface area (Å²) in [7, 11) is 0. The van der Waals surface area contributed by atoms with Crippen molar-refractivity contribution in [3.05, 3.63) is 64.0 Å². The van der Waals surface area contributed by atoms with Crippen molar-refractivity contribution in [1.29, 1.82) is 0 Å². The largest absolute Gasteiger partial charge is 0.461 e. The van der Waals surface area contributed by atoms with Gasteiger partial charge in [-0.25, -0.2) is 4.98 Å². The molecule has 1 aromatic heterocycles. The first kappa shape index (κ1) is 29.2. The minimum atomic E-state index is -5.54. The highest BCUT2D eigenvalue weighted by molar-refractivity contribution is 6.03. The summed E-state index contributed by atoms with van der Waals surface area (Å²) < 4.78 is 167. The van der Waals surface area contributed by atoms with Crippen LogP contribution in [0.1, 0.15) is 47.0 Å². The summed E-state index contributed by atoms with van der Waals surface area (Å²) in [4.78, 5) is 16.9. The Bertz CT molecular complexity index is 1230. The number of carbonyl (C=O) groups excluding carboxylic acids is 1. The number of hydrogen-bond donors (Lipinski definition) is 0. The van der Waals surface area contributed by atoms with Crippen LogP contribution in [0.15, 0.2) is 35.3 Å². The average Bonchev–Trinajstić information content (AvgIpc) is 3.22. The van der Waals surface area contributed by atoms with Gasteiger partial charge in [0.2, 0.25) is 0 Å². The predicted molar refractivity (Wildman–Crippen MR) is 105 cm³/mol. The van der Waals surface area contributed by atoms with Crippen LogP contribution in [-0.4, -0.2) is 29.4 Å². The van der Waals surface area contributed by atoms with Crippen molar-refractivity contribution < 1.29 is 62.2 Å². The van der Waals surface area contributed by atoms with Crippen LogP contribution in [0.2, 0.25) is 0 Å². The van der Waals surface area contributed by atoms with Gasteiger partial charge in [0, 0.05) is 24.6 Å². The van der Waals surface area contributed by atoms with E-state index in [0.717, 1.165) is 19.1 Å². The molecule has 0 fully saturated rings. The van der Waals surface area contributed by atoms with E-state index in [1.807, 2.05) is 0 Å². The van der Waals surface area contributed by atoms with Crippen LogP contribution in [0.4, 0.5) is 52.7 Å². The average molecular weight is 566 g/mol. The van der Waals surface area contributed by atoms with Crippen molar-refractivity contribution in [3.8, 4) is 0 Å². The number of pyridine rings is 1. The maximum atomic E-state index is 14.3. The lowest BCUT2D eigenvalue weighted by Gasteiger charge is -2.32. The number of aliphatic imine (C=N–C) groups is 1. The molecule has 0 radical (unpaired) electrons. The summed E-state index contributed by atoms with van der Waals surface area (Å²) in [6.45, 7) is -1.28. The van der Waals surface area contributed by atoms with E-state index in [-0.39, 0.29) is 12.1 Å². The van der Waals surface area contributed by atoms with Crippen molar-refractivity contribution in [3.63, 3.8) is 0 Å². The smallest absolute Gasteiger partial charge is 0.433 e. The molecule has 1 aliphatic rings. The number of benzene rings is 1. The van der Waals surface area contributed by atoms with Crippen LogP contribution in [0.25, 0.3) is 0 Å². The van der Waals surface area contributed by atoms with Gasteiger partial charge >= 0.3 is 30.7 Å². The van der Waals surface area contributed by atoms with E-state index >= 15 is 0 Å². The van der Waals surface area contributed by atoms with E-state index in [1.54, 1.807) is 0 Å². The van der Waals surface area contributed by atoms with Gasteiger partial charge in [-0.1, -0.05) is 12.1 Å². The highest BCUT2D eigenvalue weighted by Gasteiger charge is 2.59. The summed E-state index contributed by atoms with van der Waals surface area (Å²) >= 11 is 0. The van der Waals surface area contributed by atoms with Gasteiger partial charge in [-0.05, 0) is 29.3 Å². The van der Waals surface area contributed by atoms with Crippen molar-refractivity contribution in [2.45, 2.75) is 50.1 Å². The second-order valence-corrected chi connectivity index (χ2v) is 8.29. The van der Waals surface area contributed by atoms with Crippen LogP contribution in [0, 0.1) is 0 Å². The molecule has 1 aliphatic heterocycles. The summed E-state index contributed by atoms with van der Waals surface area (Å²) in [6, 6.07) is 1.80. The zero-order chi connectivity index (χ0) is 28.9. The lowest BCUT2D eigenvalue weighted by Crippen LogP contribution is -2.44. The molecular weight excluding hydrogens is 552 g/mol. The first-order chi connectivity index (χ1) is 17.1. The number of alkyl halides is 12. The number of carbonyl (C=O) groups is 1. The van der Waals surface area contributed by atoms with Crippen LogP contribution >= 0.6 is 0 Å². The molecule has 1 aromatic carbocycles. The first-order valence-electron chi connectivity index (χ1n) is 10.3. The maximum absolute atomic E-state index is 14.3. The van der Waals surface area contributed by atoms with Gasteiger partial charge in [-0.2, -0.15) is 52.7 Å². The first-order valence-corrected chi connectivity index (χ1v) is 10.3. The van der Waals surface area contributed by atoms with Crippen LogP contribution in [-0.2, 0) is 40.1 Å². The molecule has 16 heteroatoms. The molecule has 0 bridgehead atoms. The zero-order valence-electron chi connectivity index (χ0n) is 18.8. The van der Waals surface area contributed by atoms with E-state index in [0.29, 0.717) is 6.07 Å². The lowest BCUT2D eigenvalue weighted by atomic mass is 9.76. The van der Waals surface area contributed by atoms with Gasteiger partial charge in [0.15, 0.2) is 0 Å². The molecule has 208 valence electrons. The van der Waals surface area contributed by atoms with E-state index in [9.17, 15) is 57.5 Å². The molecule has 0 N–H and O–H groups in total. The number of ether oxygens (including phenoxy) is 1. The van der Waals surface area contributed by atoms with E-state index in [4.69, 9.17) is 0 Å². The van der Waals surface area contributed by atoms with E-state index < -0.39 is 95.0 Å². The number of aromatic nitrogens is 1. The Morgan fingerprint density at radius 2 is 1.42 bits per heavy atom. The van der Waals surface area contributed by atoms with E-state index in [1.165, 1.54) is 0 Å². The molecule has 0 saturated carbocycles. The van der Waals surface area contributed by atoms with Gasteiger partial charge in [-0.3, -0.25) is 9.79 Å². The molecule has 1 atom stereocenters. The third kappa shape index (κ3) is 5.88. The summed E-state index contributed by atoms with van der Waals surface area (Å²) in [5.41, 5.74) is -12.4. The van der Waals surface area contributed by atoms with Crippen molar-refractivity contribution in [1.82, 2.24) is 4.98 Å². The van der Waals surface area contributed by atoms with E-state index in [2.05, 4.69) is 14.7 Å². The highest BCUT2D eigenvalue weighted by atomic mass is 19.4. The molecule has 0 spiro atoms. The molecule has 0 aliphatic carbocycles. The van der Waals surface area contributed by atoms with Crippen molar-refractivity contribution in [2.75, 3.05) is 6.54 Å². The zero-order valence-corrected chi connectivity index (χ0v) is 18.8. The Morgan fingerprint density at radius 3 is 1.87 bits per heavy atom. The van der Waals surface area contributed by atoms with Gasteiger partial charge in [0.25, 0.3) is 0 Å². The highest BCUT2D eigenvalue weighted by Crippen LogP contribution is 2.50. The molecule has 2 heterocycles. The molecule has 4 nitrogen and oxygen atoms in total. The van der Waals surface area contributed by atoms with Gasteiger partial charge in [-0.15, -0.1) is 0 Å². The third-order valence-corrected chi connectivity index (χ3v) is 5.69. The van der Waals surface area contributed by atoms with Gasteiger partial charge in [0.05, 0.1) is 12.1 Å². The topological polar surface area (TPSA) is 51.5 Å².